The van der Waals surface area contributed by atoms with Crippen LogP contribution >= 0.6 is 11.8 Å². The van der Waals surface area contributed by atoms with Crippen molar-refractivity contribution in [1.82, 2.24) is 19.4 Å². The summed E-state index contributed by atoms with van der Waals surface area (Å²) in [5.41, 5.74) is 0. The molecule has 0 atom stereocenters. The Labute approximate surface area is 131 Å². The SMILES string of the molecule is CCNCCn1cc(S(=O)(=O)N2CCSC(C)(C)C2)cn1. The summed E-state index contributed by atoms with van der Waals surface area (Å²) in [6, 6.07) is 0. The van der Waals surface area contributed by atoms with E-state index in [0.29, 0.717) is 24.5 Å². The van der Waals surface area contributed by atoms with Crippen molar-refractivity contribution in [3.05, 3.63) is 12.4 Å². The van der Waals surface area contributed by atoms with E-state index >= 15 is 0 Å². The minimum atomic E-state index is -3.43. The first-order valence-electron chi connectivity index (χ1n) is 7.22. The Morgan fingerprint density at radius 3 is 2.90 bits per heavy atom. The number of nitrogens with one attached hydrogen (secondary N) is 1. The van der Waals surface area contributed by atoms with E-state index in [4.69, 9.17) is 0 Å². The summed E-state index contributed by atoms with van der Waals surface area (Å²) in [6.07, 6.45) is 3.08. The predicted molar refractivity (Wildman–Crippen MR) is 86.1 cm³/mol. The van der Waals surface area contributed by atoms with Crippen LogP contribution in [0.4, 0.5) is 0 Å². The normalized spacial score (nSPS) is 19.8. The lowest BCUT2D eigenvalue weighted by atomic mass is 10.2. The van der Waals surface area contributed by atoms with Gasteiger partial charge in [0.1, 0.15) is 4.90 Å². The maximum absolute atomic E-state index is 12.7. The molecule has 0 spiro atoms. The van der Waals surface area contributed by atoms with E-state index in [2.05, 4.69) is 24.3 Å². The van der Waals surface area contributed by atoms with Gasteiger partial charge in [-0.1, -0.05) is 6.92 Å². The first kappa shape index (κ1) is 16.8. The van der Waals surface area contributed by atoms with Crippen LogP contribution in [0.25, 0.3) is 0 Å². The minimum absolute atomic E-state index is 0.0354. The molecule has 0 radical (unpaired) electrons. The number of hydrogen-bond donors (Lipinski definition) is 1. The maximum atomic E-state index is 12.7. The van der Waals surface area contributed by atoms with Gasteiger partial charge in [-0.15, -0.1) is 0 Å². The van der Waals surface area contributed by atoms with Gasteiger partial charge in [0.2, 0.25) is 10.0 Å². The van der Waals surface area contributed by atoms with Gasteiger partial charge >= 0.3 is 0 Å². The number of likely N-dealkylation sites (N-methyl/N-ethyl adjacent to an activating group) is 1. The molecule has 1 aromatic rings. The van der Waals surface area contributed by atoms with Crippen molar-refractivity contribution >= 4 is 21.8 Å². The molecular weight excluding hydrogens is 308 g/mol. The monoisotopic (exact) mass is 332 g/mol. The van der Waals surface area contributed by atoms with Crippen molar-refractivity contribution in [1.29, 1.82) is 0 Å². The summed E-state index contributed by atoms with van der Waals surface area (Å²) in [5.74, 6) is 0.834. The van der Waals surface area contributed by atoms with E-state index in [-0.39, 0.29) is 4.75 Å². The van der Waals surface area contributed by atoms with Gasteiger partial charge in [-0.2, -0.15) is 21.2 Å². The molecule has 21 heavy (non-hydrogen) atoms. The zero-order chi connectivity index (χ0) is 15.5. The van der Waals surface area contributed by atoms with Gasteiger partial charge in [0.05, 0.1) is 12.7 Å². The predicted octanol–water partition coefficient (Wildman–Crippen LogP) is 1.01. The lowest BCUT2D eigenvalue weighted by molar-refractivity contribution is 0.387. The highest BCUT2D eigenvalue weighted by Crippen LogP contribution is 2.32. The third-order valence-electron chi connectivity index (χ3n) is 3.41. The molecule has 0 bridgehead atoms. The zero-order valence-electron chi connectivity index (χ0n) is 12.9. The van der Waals surface area contributed by atoms with E-state index in [1.165, 1.54) is 6.20 Å². The summed E-state index contributed by atoms with van der Waals surface area (Å²) >= 11 is 1.82. The van der Waals surface area contributed by atoms with Crippen LogP contribution in [0.5, 0.6) is 0 Å². The number of hydrogen-bond acceptors (Lipinski definition) is 5. The average Bonchev–Trinajstić information content (AvgIpc) is 2.87. The molecule has 120 valence electrons. The molecule has 6 nitrogen and oxygen atoms in total. The number of rotatable bonds is 6. The fourth-order valence-electron chi connectivity index (χ4n) is 2.30. The zero-order valence-corrected chi connectivity index (χ0v) is 14.5. The quantitative estimate of drug-likeness (QED) is 0.788. The van der Waals surface area contributed by atoms with Gasteiger partial charge in [-0.3, -0.25) is 4.68 Å². The van der Waals surface area contributed by atoms with Crippen molar-refractivity contribution in [2.75, 3.05) is 31.9 Å². The smallest absolute Gasteiger partial charge is 0.246 e. The van der Waals surface area contributed by atoms with Crippen molar-refractivity contribution in [2.24, 2.45) is 0 Å². The van der Waals surface area contributed by atoms with E-state index < -0.39 is 10.0 Å². The van der Waals surface area contributed by atoms with Crippen molar-refractivity contribution in [2.45, 2.75) is 37.0 Å². The van der Waals surface area contributed by atoms with Crippen LogP contribution in [0.3, 0.4) is 0 Å². The van der Waals surface area contributed by atoms with E-state index in [0.717, 1.165) is 18.8 Å². The summed E-state index contributed by atoms with van der Waals surface area (Å²) in [7, 11) is -3.43. The van der Waals surface area contributed by atoms with Gasteiger partial charge in [-0.25, -0.2) is 8.42 Å². The molecule has 1 aliphatic heterocycles. The molecular formula is C13H24N4O2S2. The highest BCUT2D eigenvalue weighted by atomic mass is 32.2. The molecule has 0 amide bonds. The molecule has 0 unspecified atom stereocenters. The standard InChI is InChI=1S/C13H24N4O2S2/c1-4-14-5-6-16-10-12(9-15-16)21(18,19)17-7-8-20-13(2,3)11-17/h9-10,14H,4-8,11H2,1-3H3. The van der Waals surface area contributed by atoms with E-state index in [9.17, 15) is 8.42 Å². The van der Waals surface area contributed by atoms with Crippen molar-refractivity contribution in [3.8, 4) is 0 Å². The lowest BCUT2D eigenvalue weighted by Gasteiger charge is -2.36. The second-order valence-corrected chi connectivity index (χ2v) is 9.48. The van der Waals surface area contributed by atoms with Gasteiger partial charge in [0.15, 0.2) is 0 Å². The number of nitrogens with zero attached hydrogens (tertiary/aromatic N) is 3. The Kier molecular flexibility index (Phi) is 5.34. The third-order valence-corrected chi connectivity index (χ3v) is 6.50. The third kappa shape index (κ3) is 4.21. The second-order valence-electron chi connectivity index (χ2n) is 5.74. The van der Waals surface area contributed by atoms with E-state index in [1.807, 2.05) is 18.7 Å². The van der Waals surface area contributed by atoms with Crippen LogP contribution in [-0.4, -0.2) is 59.2 Å². The van der Waals surface area contributed by atoms with Crippen LogP contribution in [0, 0.1) is 0 Å². The Hall–Kier alpha value is -0.570. The van der Waals surface area contributed by atoms with Gasteiger partial charge in [0, 0.05) is 36.3 Å². The van der Waals surface area contributed by atoms with Crippen LogP contribution in [-0.2, 0) is 16.6 Å². The molecule has 1 saturated heterocycles. The van der Waals surface area contributed by atoms with Gasteiger partial charge in [0.25, 0.3) is 0 Å². The molecule has 0 saturated carbocycles. The fraction of sp³-hybridized carbons (Fsp3) is 0.769. The molecule has 1 fully saturated rings. The molecule has 0 aromatic carbocycles. The molecule has 0 aliphatic carbocycles. The Bertz CT molecular complexity index is 568. The Morgan fingerprint density at radius 2 is 2.24 bits per heavy atom. The lowest BCUT2D eigenvalue weighted by Crippen LogP contribution is -2.45. The topological polar surface area (TPSA) is 67.2 Å². The summed E-state index contributed by atoms with van der Waals surface area (Å²) in [5, 5.41) is 7.35. The molecule has 2 rings (SSSR count). The van der Waals surface area contributed by atoms with Crippen molar-refractivity contribution in [3.63, 3.8) is 0 Å². The highest BCUT2D eigenvalue weighted by molar-refractivity contribution is 8.00. The average molecular weight is 332 g/mol. The van der Waals surface area contributed by atoms with Crippen LogP contribution in [0.1, 0.15) is 20.8 Å². The first-order valence-corrected chi connectivity index (χ1v) is 9.65. The number of sulfonamides is 1. The summed E-state index contributed by atoms with van der Waals surface area (Å²) in [6.45, 7) is 9.66. The number of thioether (sulfide) groups is 1. The summed E-state index contributed by atoms with van der Waals surface area (Å²) < 4.78 is 28.6. The van der Waals surface area contributed by atoms with Crippen molar-refractivity contribution < 1.29 is 8.42 Å². The van der Waals surface area contributed by atoms with Crippen LogP contribution in [0.2, 0.25) is 0 Å². The molecule has 1 aromatic heterocycles. The Balaban J connectivity index is 2.09. The van der Waals surface area contributed by atoms with Crippen LogP contribution in [0.15, 0.2) is 17.3 Å². The van der Waals surface area contributed by atoms with Gasteiger partial charge < -0.3 is 5.32 Å². The molecule has 1 N–H and O–H groups in total. The largest absolute Gasteiger partial charge is 0.315 e. The first-order chi connectivity index (χ1) is 9.85. The van der Waals surface area contributed by atoms with Crippen LogP contribution < -0.4 is 5.32 Å². The maximum Gasteiger partial charge on any atom is 0.246 e. The molecule has 1 aliphatic rings. The minimum Gasteiger partial charge on any atom is -0.315 e. The van der Waals surface area contributed by atoms with E-state index in [1.54, 1.807) is 15.2 Å². The Morgan fingerprint density at radius 1 is 1.48 bits per heavy atom. The summed E-state index contributed by atoms with van der Waals surface area (Å²) in [4.78, 5) is 0.293. The molecule has 2 heterocycles. The highest BCUT2D eigenvalue weighted by Gasteiger charge is 2.35. The van der Waals surface area contributed by atoms with Gasteiger partial charge in [-0.05, 0) is 20.4 Å². The number of aromatic nitrogens is 2. The molecule has 8 heteroatoms. The fourth-order valence-corrected chi connectivity index (χ4v) is 5.16. The second kappa shape index (κ2) is 6.68.